The van der Waals surface area contributed by atoms with Gasteiger partial charge in [0.05, 0.1) is 5.56 Å². The first-order chi connectivity index (χ1) is 8.70. The summed E-state index contributed by atoms with van der Waals surface area (Å²) in [6.07, 6.45) is -5.57. The SMILES string of the molecule is Cl.N=C(N)NC(=O)OCc1cc(C(F)(F)F)ccc1Cl. The molecule has 0 aliphatic carbocycles. The van der Waals surface area contributed by atoms with E-state index in [0.717, 1.165) is 18.2 Å². The van der Waals surface area contributed by atoms with Gasteiger partial charge in [0.2, 0.25) is 0 Å². The Morgan fingerprint density at radius 2 is 2.05 bits per heavy atom. The average Bonchev–Trinajstić information content (AvgIpc) is 2.25. The predicted octanol–water partition coefficient (Wildman–Crippen LogP) is 2.90. The van der Waals surface area contributed by atoms with Crippen LogP contribution in [0.1, 0.15) is 11.1 Å². The fourth-order valence-electron chi connectivity index (χ4n) is 1.15. The Morgan fingerprint density at radius 1 is 1.45 bits per heavy atom. The monoisotopic (exact) mass is 331 g/mol. The van der Waals surface area contributed by atoms with Crippen LogP contribution in [0.3, 0.4) is 0 Å². The number of hydrogen-bond acceptors (Lipinski definition) is 3. The predicted molar refractivity (Wildman–Crippen MR) is 68.9 cm³/mol. The lowest BCUT2D eigenvalue weighted by Crippen LogP contribution is -2.36. The molecule has 0 aliphatic rings. The molecule has 10 heteroatoms. The van der Waals surface area contributed by atoms with Crippen LogP contribution < -0.4 is 11.1 Å². The van der Waals surface area contributed by atoms with Crippen LogP contribution >= 0.6 is 24.0 Å². The molecule has 1 rings (SSSR count). The van der Waals surface area contributed by atoms with Gasteiger partial charge in [0.1, 0.15) is 6.61 Å². The Kier molecular flexibility index (Phi) is 6.60. The van der Waals surface area contributed by atoms with Crippen LogP contribution in [0.4, 0.5) is 18.0 Å². The van der Waals surface area contributed by atoms with E-state index in [0.29, 0.717) is 0 Å². The summed E-state index contributed by atoms with van der Waals surface area (Å²) in [5.74, 6) is -0.639. The van der Waals surface area contributed by atoms with Crippen molar-refractivity contribution in [3.05, 3.63) is 34.3 Å². The van der Waals surface area contributed by atoms with Crippen LogP contribution in [0.5, 0.6) is 0 Å². The highest BCUT2D eigenvalue weighted by Crippen LogP contribution is 2.31. The Balaban J connectivity index is 0.00000361. The van der Waals surface area contributed by atoms with Crippen molar-refractivity contribution in [2.45, 2.75) is 12.8 Å². The van der Waals surface area contributed by atoms with Crippen LogP contribution in [-0.2, 0) is 17.5 Å². The van der Waals surface area contributed by atoms with Gasteiger partial charge in [-0.25, -0.2) is 4.79 Å². The maximum absolute atomic E-state index is 12.5. The van der Waals surface area contributed by atoms with E-state index in [1.165, 1.54) is 0 Å². The Hall–Kier alpha value is -1.67. The Bertz CT molecular complexity index is 509. The van der Waals surface area contributed by atoms with Crippen molar-refractivity contribution < 1.29 is 22.7 Å². The number of ether oxygens (including phenoxy) is 1. The molecule has 0 saturated carbocycles. The maximum Gasteiger partial charge on any atom is 0.416 e. The summed E-state index contributed by atoms with van der Waals surface area (Å²) in [4.78, 5) is 11.0. The highest BCUT2D eigenvalue weighted by atomic mass is 35.5. The van der Waals surface area contributed by atoms with Crippen molar-refractivity contribution in [1.82, 2.24) is 5.32 Å². The number of halogens is 5. The quantitative estimate of drug-likeness (QED) is 0.575. The van der Waals surface area contributed by atoms with Gasteiger partial charge in [-0.2, -0.15) is 13.2 Å². The van der Waals surface area contributed by atoms with Gasteiger partial charge in [-0.3, -0.25) is 10.7 Å². The summed E-state index contributed by atoms with van der Waals surface area (Å²) >= 11 is 5.69. The fraction of sp³-hybridized carbons (Fsp3) is 0.200. The largest absolute Gasteiger partial charge is 0.444 e. The number of carbonyl (C=O) groups excluding carboxylic acids is 1. The fourth-order valence-corrected chi connectivity index (χ4v) is 1.32. The van der Waals surface area contributed by atoms with Gasteiger partial charge in [0.25, 0.3) is 0 Å². The zero-order valence-electron chi connectivity index (χ0n) is 9.75. The summed E-state index contributed by atoms with van der Waals surface area (Å²) in [5, 5.41) is 8.60. The number of amides is 1. The minimum absolute atomic E-state index is 0. The normalized spacial score (nSPS) is 10.4. The van der Waals surface area contributed by atoms with E-state index in [1.54, 1.807) is 0 Å². The van der Waals surface area contributed by atoms with Gasteiger partial charge >= 0.3 is 12.3 Å². The molecule has 1 aromatic rings. The minimum atomic E-state index is -4.51. The average molecular weight is 332 g/mol. The van der Waals surface area contributed by atoms with Gasteiger partial charge in [-0.05, 0) is 18.2 Å². The molecule has 0 unspecified atom stereocenters. The lowest BCUT2D eigenvalue weighted by atomic mass is 10.1. The Morgan fingerprint density at radius 3 is 2.55 bits per heavy atom. The summed E-state index contributed by atoms with van der Waals surface area (Å²) in [6.45, 7) is -0.470. The van der Waals surface area contributed by atoms with E-state index in [9.17, 15) is 18.0 Å². The van der Waals surface area contributed by atoms with E-state index < -0.39 is 30.4 Å². The van der Waals surface area contributed by atoms with Crippen molar-refractivity contribution in [2.24, 2.45) is 5.73 Å². The summed E-state index contributed by atoms with van der Waals surface area (Å²) in [5.41, 5.74) is 3.97. The molecule has 0 aliphatic heterocycles. The van der Waals surface area contributed by atoms with Gasteiger partial charge in [-0.1, -0.05) is 11.6 Å². The molecular weight excluding hydrogens is 322 g/mol. The first-order valence-corrected chi connectivity index (χ1v) is 5.21. The third kappa shape index (κ3) is 5.54. The van der Waals surface area contributed by atoms with Crippen molar-refractivity contribution in [3.63, 3.8) is 0 Å². The zero-order valence-corrected chi connectivity index (χ0v) is 11.3. The molecule has 4 N–H and O–H groups in total. The number of guanidine groups is 1. The number of nitrogens with one attached hydrogen (secondary N) is 2. The van der Waals surface area contributed by atoms with Crippen LogP contribution in [0.15, 0.2) is 18.2 Å². The third-order valence-electron chi connectivity index (χ3n) is 1.97. The highest BCUT2D eigenvalue weighted by molar-refractivity contribution is 6.31. The molecule has 0 saturated heterocycles. The van der Waals surface area contributed by atoms with Gasteiger partial charge in [0.15, 0.2) is 5.96 Å². The van der Waals surface area contributed by atoms with E-state index in [-0.39, 0.29) is 23.0 Å². The molecule has 20 heavy (non-hydrogen) atoms. The summed E-state index contributed by atoms with van der Waals surface area (Å²) in [6, 6.07) is 2.66. The number of hydrogen-bond donors (Lipinski definition) is 3. The van der Waals surface area contributed by atoms with E-state index in [1.807, 2.05) is 5.32 Å². The summed E-state index contributed by atoms with van der Waals surface area (Å²) in [7, 11) is 0. The van der Waals surface area contributed by atoms with Crippen molar-refractivity contribution in [2.75, 3.05) is 0 Å². The van der Waals surface area contributed by atoms with E-state index in [2.05, 4.69) is 4.74 Å². The maximum atomic E-state index is 12.5. The van der Waals surface area contributed by atoms with Crippen molar-refractivity contribution in [3.8, 4) is 0 Å². The molecule has 0 fully saturated rings. The standard InChI is InChI=1S/C10H9ClF3N3O2.ClH/c11-7-2-1-6(10(12,13)14)3-5(7)4-19-9(18)17-8(15)16;/h1-3H,4H2,(H4,15,16,17,18);1H. The van der Waals surface area contributed by atoms with E-state index in [4.69, 9.17) is 22.7 Å². The number of benzene rings is 1. The molecule has 0 radical (unpaired) electrons. The second-order valence-corrected chi connectivity index (χ2v) is 3.83. The molecule has 112 valence electrons. The molecule has 0 spiro atoms. The molecular formula is C10H10Cl2F3N3O2. The van der Waals surface area contributed by atoms with Crippen molar-refractivity contribution in [1.29, 1.82) is 5.41 Å². The molecule has 1 amide bonds. The number of alkyl halides is 3. The molecule has 0 aromatic heterocycles. The van der Waals surface area contributed by atoms with Crippen LogP contribution in [0, 0.1) is 5.41 Å². The smallest absolute Gasteiger partial charge is 0.416 e. The molecule has 1 aromatic carbocycles. The first-order valence-electron chi connectivity index (χ1n) is 4.83. The topological polar surface area (TPSA) is 88.2 Å². The van der Waals surface area contributed by atoms with Crippen molar-refractivity contribution >= 4 is 36.1 Å². The molecule has 0 atom stereocenters. The number of nitrogens with two attached hydrogens (primary N) is 1. The third-order valence-corrected chi connectivity index (χ3v) is 2.34. The van der Waals surface area contributed by atoms with Gasteiger partial charge in [0, 0.05) is 10.6 Å². The molecule has 5 nitrogen and oxygen atoms in total. The second-order valence-electron chi connectivity index (χ2n) is 3.42. The lowest BCUT2D eigenvalue weighted by molar-refractivity contribution is -0.137. The number of rotatable bonds is 2. The lowest BCUT2D eigenvalue weighted by Gasteiger charge is -2.11. The minimum Gasteiger partial charge on any atom is -0.444 e. The zero-order chi connectivity index (χ0) is 14.6. The molecule has 0 heterocycles. The van der Waals surface area contributed by atoms with Crippen LogP contribution in [-0.4, -0.2) is 12.1 Å². The Labute approximate surface area is 123 Å². The number of alkyl carbamates (subject to hydrolysis) is 1. The molecule has 0 bridgehead atoms. The van der Waals surface area contributed by atoms with Crippen LogP contribution in [0.25, 0.3) is 0 Å². The van der Waals surface area contributed by atoms with Gasteiger partial charge < -0.3 is 10.5 Å². The van der Waals surface area contributed by atoms with E-state index >= 15 is 0 Å². The second kappa shape index (κ2) is 7.20. The van der Waals surface area contributed by atoms with Crippen LogP contribution in [0.2, 0.25) is 5.02 Å². The first kappa shape index (κ1) is 18.3. The highest BCUT2D eigenvalue weighted by Gasteiger charge is 2.30. The summed E-state index contributed by atoms with van der Waals surface area (Å²) < 4.78 is 42.0. The van der Waals surface area contributed by atoms with Gasteiger partial charge in [-0.15, -0.1) is 12.4 Å². The number of carbonyl (C=O) groups is 1.